The molecule has 0 aromatic carbocycles. The molecular weight excluding hydrogens is 148 g/mol. The second kappa shape index (κ2) is 5.55. The predicted molar refractivity (Wildman–Crippen MR) is 53.1 cm³/mol. The summed E-state index contributed by atoms with van der Waals surface area (Å²) in [5.74, 6) is 1.02. The van der Waals surface area contributed by atoms with Crippen molar-refractivity contribution in [2.24, 2.45) is 11.7 Å². The highest BCUT2D eigenvalue weighted by Gasteiger charge is 2.16. The summed E-state index contributed by atoms with van der Waals surface area (Å²) in [6, 6.07) is 0.546. The Balaban J connectivity index is 1.92. The minimum Gasteiger partial charge on any atom is -0.329 e. The van der Waals surface area contributed by atoms with Gasteiger partial charge in [0.1, 0.15) is 0 Å². The summed E-state index contributed by atoms with van der Waals surface area (Å²) in [5.41, 5.74) is 5.58. The smallest absolute Gasteiger partial charge is 0.0187 e. The summed E-state index contributed by atoms with van der Waals surface area (Å²) in [4.78, 5) is 0. The Hall–Kier alpha value is -0.0800. The van der Waals surface area contributed by atoms with Crippen LogP contribution in [0.15, 0.2) is 0 Å². The van der Waals surface area contributed by atoms with Crippen molar-refractivity contribution in [3.63, 3.8) is 0 Å². The second-order valence-corrected chi connectivity index (χ2v) is 3.88. The van der Waals surface area contributed by atoms with Gasteiger partial charge in [-0.05, 0) is 25.3 Å². The zero-order valence-electron chi connectivity index (χ0n) is 8.18. The molecule has 12 heavy (non-hydrogen) atoms. The van der Waals surface area contributed by atoms with Gasteiger partial charge in [0.15, 0.2) is 0 Å². The highest BCUT2D eigenvalue weighted by atomic mass is 14.9. The van der Waals surface area contributed by atoms with Gasteiger partial charge in [-0.1, -0.05) is 26.2 Å². The highest BCUT2D eigenvalue weighted by Crippen LogP contribution is 2.28. The Labute approximate surface area is 75.9 Å². The van der Waals surface area contributed by atoms with E-state index in [-0.39, 0.29) is 0 Å². The summed E-state index contributed by atoms with van der Waals surface area (Å²) in [7, 11) is 0. The van der Waals surface area contributed by atoms with E-state index in [1.54, 1.807) is 0 Å². The Kier molecular flexibility index (Phi) is 4.62. The monoisotopic (exact) mass is 170 g/mol. The van der Waals surface area contributed by atoms with Gasteiger partial charge < -0.3 is 11.1 Å². The van der Waals surface area contributed by atoms with Crippen molar-refractivity contribution in [3.8, 4) is 0 Å². The molecule has 0 aliphatic heterocycles. The first-order valence-electron chi connectivity index (χ1n) is 5.30. The largest absolute Gasteiger partial charge is 0.329 e. The SMILES string of the molecule is CCC(CN)NCCC1CCC1. The zero-order chi connectivity index (χ0) is 8.81. The van der Waals surface area contributed by atoms with Crippen molar-refractivity contribution in [3.05, 3.63) is 0 Å². The Morgan fingerprint density at radius 3 is 2.67 bits per heavy atom. The van der Waals surface area contributed by atoms with Crippen LogP contribution in [0.5, 0.6) is 0 Å². The molecule has 0 aromatic rings. The summed E-state index contributed by atoms with van der Waals surface area (Å²) in [6.07, 6.45) is 6.89. The average molecular weight is 170 g/mol. The molecule has 0 heterocycles. The van der Waals surface area contributed by atoms with Crippen LogP contribution in [0.3, 0.4) is 0 Å². The number of hydrogen-bond acceptors (Lipinski definition) is 2. The van der Waals surface area contributed by atoms with Crippen LogP contribution in [0.1, 0.15) is 39.0 Å². The van der Waals surface area contributed by atoms with Gasteiger partial charge in [-0.15, -0.1) is 0 Å². The van der Waals surface area contributed by atoms with E-state index in [0.717, 1.165) is 18.9 Å². The third-order valence-corrected chi connectivity index (χ3v) is 2.99. The lowest BCUT2D eigenvalue weighted by Crippen LogP contribution is -2.36. The Morgan fingerprint density at radius 1 is 1.50 bits per heavy atom. The molecule has 0 aromatic heterocycles. The van der Waals surface area contributed by atoms with E-state index in [1.807, 2.05) is 0 Å². The minimum absolute atomic E-state index is 0.546. The number of nitrogens with two attached hydrogens (primary N) is 1. The molecule has 0 saturated heterocycles. The third kappa shape index (κ3) is 3.11. The molecule has 2 nitrogen and oxygen atoms in total. The van der Waals surface area contributed by atoms with E-state index in [4.69, 9.17) is 5.73 Å². The first-order chi connectivity index (χ1) is 5.86. The normalized spacial score (nSPS) is 20.5. The van der Waals surface area contributed by atoms with Crippen LogP contribution >= 0.6 is 0 Å². The molecule has 0 radical (unpaired) electrons. The van der Waals surface area contributed by atoms with E-state index < -0.39 is 0 Å². The molecule has 1 aliphatic carbocycles. The molecule has 1 saturated carbocycles. The summed E-state index contributed by atoms with van der Waals surface area (Å²) < 4.78 is 0. The van der Waals surface area contributed by atoms with Crippen LogP contribution in [-0.4, -0.2) is 19.1 Å². The topological polar surface area (TPSA) is 38.0 Å². The maximum Gasteiger partial charge on any atom is 0.0187 e. The first-order valence-corrected chi connectivity index (χ1v) is 5.30. The van der Waals surface area contributed by atoms with Gasteiger partial charge >= 0.3 is 0 Å². The van der Waals surface area contributed by atoms with Gasteiger partial charge in [-0.25, -0.2) is 0 Å². The fourth-order valence-corrected chi connectivity index (χ4v) is 1.67. The summed E-state index contributed by atoms with van der Waals surface area (Å²) in [6.45, 7) is 4.13. The van der Waals surface area contributed by atoms with Crippen LogP contribution < -0.4 is 11.1 Å². The molecule has 72 valence electrons. The molecule has 1 aliphatic rings. The van der Waals surface area contributed by atoms with Gasteiger partial charge in [0.2, 0.25) is 0 Å². The minimum atomic E-state index is 0.546. The average Bonchev–Trinajstić information content (AvgIpc) is 2.02. The van der Waals surface area contributed by atoms with E-state index in [1.165, 1.54) is 32.2 Å². The lowest BCUT2D eigenvalue weighted by Gasteiger charge is -2.26. The Morgan fingerprint density at radius 2 is 2.25 bits per heavy atom. The van der Waals surface area contributed by atoms with Crippen molar-refractivity contribution < 1.29 is 0 Å². The van der Waals surface area contributed by atoms with Crippen molar-refractivity contribution in [1.29, 1.82) is 0 Å². The molecule has 1 unspecified atom stereocenters. The van der Waals surface area contributed by atoms with Gasteiger partial charge in [0, 0.05) is 12.6 Å². The number of hydrogen-bond donors (Lipinski definition) is 2. The van der Waals surface area contributed by atoms with Crippen molar-refractivity contribution in [2.45, 2.75) is 45.1 Å². The zero-order valence-corrected chi connectivity index (χ0v) is 8.18. The maximum absolute atomic E-state index is 5.58. The molecular formula is C10H22N2. The van der Waals surface area contributed by atoms with Gasteiger partial charge in [-0.2, -0.15) is 0 Å². The third-order valence-electron chi connectivity index (χ3n) is 2.99. The van der Waals surface area contributed by atoms with E-state index >= 15 is 0 Å². The molecule has 1 fully saturated rings. The van der Waals surface area contributed by atoms with E-state index in [9.17, 15) is 0 Å². The molecule has 2 heteroatoms. The van der Waals surface area contributed by atoms with E-state index in [2.05, 4.69) is 12.2 Å². The van der Waals surface area contributed by atoms with Gasteiger partial charge in [-0.3, -0.25) is 0 Å². The molecule has 1 atom stereocenters. The summed E-state index contributed by atoms with van der Waals surface area (Å²) >= 11 is 0. The van der Waals surface area contributed by atoms with Crippen LogP contribution in [0.4, 0.5) is 0 Å². The fourth-order valence-electron chi connectivity index (χ4n) is 1.67. The van der Waals surface area contributed by atoms with Crippen molar-refractivity contribution in [2.75, 3.05) is 13.1 Å². The van der Waals surface area contributed by atoms with Gasteiger partial charge in [0.25, 0.3) is 0 Å². The van der Waals surface area contributed by atoms with Crippen LogP contribution in [0.2, 0.25) is 0 Å². The first kappa shape index (κ1) is 10.0. The molecule has 0 bridgehead atoms. The lowest BCUT2D eigenvalue weighted by molar-refractivity contribution is 0.287. The highest BCUT2D eigenvalue weighted by molar-refractivity contribution is 4.72. The van der Waals surface area contributed by atoms with Crippen LogP contribution in [0.25, 0.3) is 0 Å². The standard InChI is InChI=1S/C10H22N2/c1-2-10(8-11)12-7-6-9-4-3-5-9/h9-10,12H,2-8,11H2,1H3. The van der Waals surface area contributed by atoms with Crippen LogP contribution in [0, 0.1) is 5.92 Å². The molecule has 0 spiro atoms. The van der Waals surface area contributed by atoms with E-state index in [0.29, 0.717) is 6.04 Å². The predicted octanol–water partition coefficient (Wildman–Crippen LogP) is 1.50. The van der Waals surface area contributed by atoms with Crippen molar-refractivity contribution >= 4 is 0 Å². The summed E-state index contributed by atoms with van der Waals surface area (Å²) in [5, 5.41) is 3.49. The number of nitrogens with one attached hydrogen (secondary N) is 1. The maximum atomic E-state index is 5.58. The molecule has 1 rings (SSSR count). The van der Waals surface area contributed by atoms with Gasteiger partial charge in [0.05, 0.1) is 0 Å². The quantitative estimate of drug-likeness (QED) is 0.634. The Bertz CT molecular complexity index is 106. The number of rotatable bonds is 6. The molecule has 3 N–H and O–H groups in total. The van der Waals surface area contributed by atoms with Crippen LogP contribution in [-0.2, 0) is 0 Å². The molecule has 0 amide bonds. The second-order valence-electron chi connectivity index (χ2n) is 3.88. The fraction of sp³-hybridized carbons (Fsp3) is 1.00. The van der Waals surface area contributed by atoms with Crippen molar-refractivity contribution in [1.82, 2.24) is 5.32 Å². The lowest BCUT2D eigenvalue weighted by atomic mass is 9.83.